The van der Waals surface area contributed by atoms with Crippen molar-refractivity contribution in [3.63, 3.8) is 0 Å². The SMILES string of the molecule is Nc1nc2c(ccc3c4ccccc4ccc32)[nH]1. The molecule has 3 N–H and O–H groups in total. The third kappa shape index (κ3) is 1.16. The number of hydrogen-bond acceptors (Lipinski definition) is 2. The molecule has 1 heterocycles. The van der Waals surface area contributed by atoms with Crippen LogP contribution in [0.25, 0.3) is 32.6 Å². The van der Waals surface area contributed by atoms with Crippen molar-refractivity contribution in [3.8, 4) is 0 Å². The van der Waals surface area contributed by atoms with E-state index in [9.17, 15) is 0 Å². The lowest BCUT2D eigenvalue weighted by molar-refractivity contribution is 1.36. The monoisotopic (exact) mass is 233 g/mol. The Morgan fingerprint density at radius 1 is 0.833 bits per heavy atom. The Hall–Kier alpha value is -2.55. The van der Waals surface area contributed by atoms with E-state index in [0.717, 1.165) is 16.4 Å². The first-order valence-corrected chi connectivity index (χ1v) is 5.88. The van der Waals surface area contributed by atoms with Gasteiger partial charge in [0.15, 0.2) is 5.95 Å². The van der Waals surface area contributed by atoms with Crippen LogP contribution in [-0.4, -0.2) is 9.97 Å². The standard InChI is InChI=1S/C15H11N3/c16-15-17-13-8-7-11-10-4-2-1-3-9(10)5-6-12(11)14(13)18-15/h1-8H,(H3,16,17,18). The molecule has 0 fully saturated rings. The Morgan fingerprint density at radius 2 is 1.67 bits per heavy atom. The molecule has 18 heavy (non-hydrogen) atoms. The predicted molar refractivity (Wildman–Crippen MR) is 75.5 cm³/mol. The van der Waals surface area contributed by atoms with Crippen LogP contribution in [0.15, 0.2) is 48.5 Å². The van der Waals surface area contributed by atoms with Gasteiger partial charge in [0.2, 0.25) is 0 Å². The molecule has 4 rings (SSSR count). The fraction of sp³-hybridized carbons (Fsp3) is 0. The summed E-state index contributed by atoms with van der Waals surface area (Å²) in [7, 11) is 0. The van der Waals surface area contributed by atoms with Crippen molar-refractivity contribution in [2.24, 2.45) is 0 Å². The second kappa shape index (κ2) is 3.23. The lowest BCUT2D eigenvalue weighted by Gasteiger charge is -2.03. The van der Waals surface area contributed by atoms with E-state index in [4.69, 9.17) is 5.73 Å². The van der Waals surface area contributed by atoms with Crippen LogP contribution < -0.4 is 5.73 Å². The summed E-state index contributed by atoms with van der Waals surface area (Å²) in [6.07, 6.45) is 0. The normalized spacial score (nSPS) is 11.6. The molecule has 86 valence electrons. The van der Waals surface area contributed by atoms with Gasteiger partial charge in [0.05, 0.1) is 11.0 Å². The van der Waals surface area contributed by atoms with E-state index in [1.54, 1.807) is 0 Å². The third-order valence-electron chi connectivity index (χ3n) is 3.39. The highest BCUT2D eigenvalue weighted by atomic mass is 15.0. The minimum absolute atomic E-state index is 0.464. The van der Waals surface area contributed by atoms with Crippen molar-refractivity contribution >= 4 is 38.5 Å². The van der Waals surface area contributed by atoms with Crippen molar-refractivity contribution in [2.75, 3.05) is 5.73 Å². The molecule has 0 saturated carbocycles. The predicted octanol–water partition coefficient (Wildman–Crippen LogP) is 3.45. The minimum atomic E-state index is 0.464. The highest BCUT2D eigenvalue weighted by Gasteiger charge is 2.07. The van der Waals surface area contributed by atoms with Crippen molar-refractivity contribution < 1.29 is 0 Å². The van der Waals surface area contributed by atoms with E-state index in [2.05, 4.69) is 52.4 Å². The fourth-order valence-corrected chi connectivity index (χ4v) is 2.58. The zero-order valence-electron chi connectivity index (χ0n) is 9.64. The Kier molecular flexibility index (Phi) is 1.70. The summed E-state index contributed by atoms with van der Waals surface area (Å²) in [4.78, 5) is 7.44. The summed E-state index contributed by atoms with van der Waals surface area (Å²) in [5.74, 6) is 0.464. The number of aromatic nitrogens is 2. The molecular weight excluding hydrogens is 222 g/mol. The number of rotatable bonds is 0. The molecule has 0 radical (unpaired) electrons. The second-order valence-electron chi connectivity index (χ2n) is 4.47. The van der Waals surface area contributed by atoms with Crippen molar-refractivity contribution in [2.45, 2.75) is 0 Å². The van der Waals surface area contributed by atoms with Gasteiger partial charge in [-0.3, -0.25) is 0 Å². The zero-order valence-corrected chi connectivity index (χ0v) is 9.64. The second-order valence-corrected chi connectivity index (χ2v) is 4.47. The van der Waals surface area contributed by atoms with Crippen LogP contribution in [0, 0.1) is 0 Å². The maximum atomic E-state index is 5.73. The number of H-pyrrole nitrogens is 1. The van der Waals surface area contributed by atoms with Gasteiger partial charge in [0, 0.05) is 5.39 Å². The average Bonchev–Trinajstić information content (AvgIpc) is 2.79. The maximum Gasteiger partial charge on any atom is 0.198 e. The molecule has 3 heteroatoms. The number of hydrogen-bond donors (Lipinski definition) is 2. The van der Waals surface area contributed by atoms with E-state index in [1.807, 2.05) is 6.07 Å². The molecule has 0 saturated heterocycles. The fourth-order valence-electron chi connectivity index (χ4n) is 2.58. The van der Waals surface area contributed by atoms with Gasteiger partial charge in [-0.15, -0.1) is 0 Å². The largest absolute Gasteiger partial charge is 0.369 e. The number of fused-ring (bicyclic) bond motifs is 5. The van der Waals surface area contributed by atoms with Gasteiger partial charge < -0.3 is 10.7 Å². The molecule has 1 aromatic heterocycles. The number of benzene rings is 3. The van der Waals surface area contributed by atoms with Gasteiger partial charge in [0.1, 0.15) is 0 Å². The van der Waals surface area contributed by atoms with Crippen LogP contribution in [0.2, 0.25) is 0 Å². The minimum Gasteiger partial charge on any atom is -0.369 e. The Bertz CT molecular complexity index is 890. The molecule has 4 aromatic rings. The molecule has 0 spiro atoms. The molecule has 3 aromatic carbocycles. The first-order valence-electron chi connectivity index (χ1n) is 5.88. The third-order valence-corrected chi connectivity index (χ3v) is 3.39. The number of nitrogens with one attached hydrogen (secondary N) is 1. The van der Waals surface area contributed by atoms with E-state index < -0.39 is 0 Å². The highest BCUT2D eigenvalue weighted by Crippen LogP contribution is 2.30. The first-order chi connectivity index (χ1) is 8.83. The number of imidazole rings is 1. The number of anilines is 1. The number of nitrogens with two attached hydrogens (primary N) is 1. The van der Waals surface area contributed by atoms with E-state index >= 15 is 0 Å². The number of nitrogen functional groups attached to an aromatic ring is 1. The molecule has 3 nitrogen and oxygen atoms in total. The van der Waals surface area contributed by atoms with Gasteiger partial charge in [-0.1, -0.05) is 42.5 Å². The first kappa shape index (κ1) is 9.48. The lowest BCUT2D eigenvalue weighted by atomic mass is 10.0. The molecule has 0 atom stereocenters. The summed E-state index contributed by atoms with van der Waals surface area (Å²) in [6.45, 7) is 0. The van der Waals surface area contributed by atoms with Crippen LogP contribution in [0.4, 0.5) is 5.95 Å². The van der Waals surface area contributed by atoms with Crippen molar-refractivity contribution in [1.82, 2.24) is 9.97 Å². The van der Waals surface area contributed by atoms with Crippen LogP contribution in [-0.2, 0) is 0 Å². The van der Waals surface area contributed by atoms with Gasteiger partial charge >= 0.3 is 0 Å². The van der Waals surface area contributed by atoms with Crippen LogP contribution in [0.5, 0.6) is 0 Å². The zero-order chi connectivity index (χ0) is 12.1. The summed E-state index contributed by atoms with van der Waals surface area (Å²) < 4.78 is 0. The van der Waals surface area contributed by atoms with Gasteiger partial charge in [-0.25, -0.2) is 4.98 Å². The summed E-state index contributed by atoms with van der Waals surface area (Å²) in [5.41, 5.74) is 7.65. The number of nitrogens with zero attached hydrogens (tertiary/aromatic N) is 1. The van der Waals surface area contributed by atoms with E-state index in [-0.39, 0.29) is 0 Å². The van der Waals surface area contributed by atoms with E-state index in [1.165, 1.54) is 16.2 Å². The van der Waals surface area contributed by atoms with Gasteiger partial charge in [-0.2, -0.15) is 0 Å². The van der Waals surface area contributed by atoms with E-state index in [0.29, 0.717) is 5.95 Å². The molecular formula is C15H11N3. The molecule has 0 aliphatic heterocycles. The van der Waals surface area contributed by atoms with Crippen LogP contribution >= 0.6 is 0 Å². The summed E-state index contributed by atoms with van der Waals surface area (Å²) in [5, 5.41) is 4.84. The smallest absolute Gasteiger partial charge is 0.198 e. The molecule has 0 unspecified atom stereocenters. The number of aromatic amines is 1. The average molecular weight is 233 g/mol. The summed E-state index contributed by atoms with van der Waals surface area (Å²) >= 11 is 0. The van der Waals surface area contributed by atoms with Crippen molar-refractivity contribution in [1.29, 1.82) is 0 Å². The van der Waals surface area contributed by atoms with Gasteiger partial charge in [-0.05, 0) is 22.2 Å². The van der Waals surface area contributed by atoms with Crippen molar-refractivity contribution in [3.05, 3.63) is 48.5 Å². The maximum absolute atomic E-state index is 5.73. The van der Waals surface area contributed by atoms with Crippen LogP contribution in [0.3, 0.4) is 0 Å². The topological polar surface area (TPSA) is 54.7 Å². The quantitative estimate of drug-likeness (QED) is 0.457. The Morgan fingerprint density at radius 3 is 2.61 bits per heavy atom. The lowest BCUT2D eigenvalue weighted by Crippen LogP contribution is -1.84. The Balaban J connectivity index is 2.30. The Labute approximate surface area is 103 Å². The molecule has 0 aliphatic rings. The molecule has 0 amide bonds. The molecule has 0 aliphatic carbocycles. The van der Waals surface area contributed by atoms with Gasteiger partial charge in [0.25, 0.3) is 0 Å². The summed E-state index contributed by atoms with van der Waals surface area (Å²) in [6, 6.07) is 16.8. The molecule has 0 bridgehead atoms. The highest BCUT2D eigenvalue weighted by molar-refractivity contribution is 6.15. The van der Waals surface area contributed by atoms with Crippen LogP contribution in [0.1, 0.15) is 0 Å².